The molecule has 0 aliphatic heterocycles. The third kappa shape index (κ3) is 2.56. The average Bonchev–Trinajstić information content (AvgIpc) is 2.53. The number of halogens is 1. The molecule has 1 heterocycles. The molecule has 0 unspecified atom stereocenters. The van der Waals surface area contributed by atoms with Crippen LogP contribution in [0.2, 0.25) is 0 Å². The van der Waals surface area contributed by atoms with Gasteiger partial charge in [-0.2, -0.15) is 0 Å². The first-order valence-electron chi connectivity index (χ1n) is 6.51. The highest BCUT2D eigenvalue weighted by Crippen LogP contribution is 2.30. The number of benzene rings is 2. The number of anilines is 1. The molecule has 5 heteroatoms. The maximum atomic E-state index is 13.4. The molecule has 3 aromatic rings. The van der Waals surface area contributed by atoms with Crippen LogP contribution in [0.15, 0.2) is 47.4 Å². The predicted octanol–water partition coefficient (Wildman–Crippen LogP) is 4.20. The van der Waals surface area contributed by atoms with Gasteiger partial charge in [-0.3, -0.25) is 0 Å². The van der Waals surface area contributed by atoms with Gasteiger partial charge in [-0.25, -0.2) is 14.4 Å². The monoisotopic (exact) mass is 299 g/mol. The highest BCUT2D eigenvalue weighted by molar-refractivity contribution is 7.98. The van der Waals surface area contributed by atoms with Gasteiger partial charge in [-0.1, -0.05) is 18.2 Å². The molecule has 21 heavy (non-hydrogen) atoms. The SMILES string of the molecule is CNc1nc(-c2ccccc2SC)nc2ccc(F)cc12. The second kappa shape index (κ2) is 5.69. The van der Waals surface area contributed by atoms with Gasteiger partial charge in [0.2, 0.25) is 0 Å². The topological polar surface area (TPSA) is 37.8 Å². The van der Waals surface area contributed by atoms with Gasteiger partial charge in [0.15, 0.2) is 5.82 Å². The van der Waals surface area contributed by atoms with Gasteiger partial charge >= 0.3 is 0 Å². The standard InChI is InChI=1S/C16H14FN3S/c1-18-15-12-9-10(17)7-8-13(12)19-16(20-15)11-5-3-4-6-14(11)21-2/h3-9H,1-2H3,(H,18,19,20). The summed E-state index contributed by atoms with van der Waals surface area (Å²) in [5.41, 5.74) is 1.70. The lowest BCUT2D eigenvalue weighted by molar-refractivity contribution is 0.629. The number of fused-ring (bicyclic) bond motifs is 1. The molecular weight excluding hydrogens is 285 g/mol. The van der Waals surface area contributed by atoms with Crippen molar-refractivity contribution in [1.29, 1.82) is 0 Å². The fraction of sp³-hybridized carbons (Fsp3) is 0.125. The Morgan fingerprint density at radius 1 is 1.10 bits per heavy atom. The van der Waals surface area contributed by atoms with E-state index >= 15 is 0 Å². The quantitative estimate of drug-likeness (QED) is 0.736. The summed E-state index contributed by atoms with van der Waals surface area (Å²) in [5.74, 6) is 0.980. The molecule has 0 bridgehead atoms. The summed E-state index contributed by atoms with van der Waals surface area (Å²) in [5, 5.41) is 3.70. The fourth-order valence-electron chi connectivity index (χ4n) is 2.24. The zero-order chi connectivity index (χ0) is 14.8. The van der Waals surface area contributed by atoms with Crippen LogP contribution in [-0.2, 0) is 0 Å². The maximum absolute atomic E-state index is 13.4. The van der Waals surface area contributed by atoms with E-state index in [1.165, 1.54) is 12.1 Å². The largest absolute Gasteiger partial charge is 0.373 e. The van der Waals surface area contributed by atoms with Gasteiger partial charge in [-0.15, -0.1) is 11.8 Å². The maximum Gasteiger partial charge on any atom is 0.163 e. The van der Waals surface area contributed by atoms with E-state index in [9.17, 15) is 4.39 Å². The molecule has 0 amide bonds. The Morgan fingerprint density at radius 2 is 1.90 bits per heavy atom. The van der Waals surface area contributed by atoms with E-state index in [4.69, 9.17) is 0 Å². The molecule has 1 aromatic heterocycles. The Balaban J connectivity index is 2.27. The molecule has 1 N–H and O–H groups in total. The predicted molar refractivity (Wildman–Crippen MR) is 86.3 cm³/mol. The van der Waals surface area contributed by atoms with Crippen molar-refractivity contribution in [3.8, 4) is 11.4 Å². The van der Waals surface area contributed by atoms with Crippen LogP contribution < -0.4 is 5.32 Å². The van der Waals surface area contributed by atoms with Crippen molar-refractivity contribution in [2.75, 3.05) is 18.6 Å². The summed E-state index contributed by atoms with van der Waals surface area (Å²) in [4.78, 5) is 10.2. The van der Waals surface area contributed by atoms with Crippen molar-refractivity contribution in [3.63, 3.8) is 0 Å². The molecule has 0 saturated carbocycles. The molecule has 2 aromatic carbocycles. The van der Waals surface area contributed by atoms with Crippen molar-refractivity contribution < 1.29 is 4.39 Å². The molecule has 0 spiro atoms. The van der Waals surface area contributed by atoms with E-state index in [0.717, 1.165) is 16.0 Å². The van der Waals surface area contributed by atoms with Gasteiger partial charge in [0.05, 0.1) is 5.52 Å². The normalized spacial score (nSPS) is 10.8. The number of hydrogen-bond acceptors (Lipinski definition) is 4. The minimum Gasteiger partial charge on any atom is -0.373 e. The van der Waals surface area contributed by atoms with Gasteiger partial charge < -0.3 is 5.32 Å². The first kappa shape index (κ1) is 13.8. The molecule has 106 valence electrons. The number of rotatable bonds is 3. The first-order chi connectivity index (χ1) is 10.2. The average molecular weight is 299 g/mol. The van der Waals surface area contributed by atoms with Crippen molar-refractivity contribution in [2.45, 2.75) is 4.90 Å². The molecule has 0 radical (unpaired) electrons. The lowest BCUT2D eigenvalue weighted by Gasteiger charge is -2.10. The molecule has 0 atom stereocenters. The van der Waals surface area contributed by atoms with E-state index in [-0.39, 0.29) is 5.82 Å². The van der Waals surface area contributed by atoms with Crippen LogP contribution in [0.3, 0.4) is 0 Å². The van der Waals surface area contributed by atoms with E-state index in [2.05, 4.69) is 15.3 Å². The molecule has 0 aliphatic carbocycles. The van der Waals surface area contributed by atoms with Crippen LogP contribution >= 0.6 is 11.8 Å². The van der Waals surface area contributed by atoms with Crippen LogP contribution in [0, 0.1) is 5.82 Å². The van der Waals surface area contributed by atoms with E-state index in [0.29, 0.717) is 17.0 Å². The Labute approximate surface area is 126 Å². The van der Waals surface area contributed by atoms with E-state index < -0.39 is 0 Å². The second-order valence-electron chi connectivity index (χ2n) is 4.51. The van der Waals surface area contributed by atoms with Crippen LogP contribution in [-0.4, -0.2) is 23.3 Å². The van der Waals surface area contributed by atoms with E-state index in [1.54, 1.807) is 24.9 Å². The van der Waals surface area contributed by atoms with Crippen LogP contribution in [0.25, 0.3) is 22.3 Å². The van der Waals surface area contributed by atoms with Crippen LogP contribution in [0.4, 0.5) is 10.2 Å². The van der Waals surface area contributed by atoms with Gasteiger partial charge in [0.1, 0.15) is 11.6 Å². The molecule has 3 nitrogen and oxygen atoms in total. The smallest absolute Gasteiger partial charge is 0.163 e. The minimum absolute atomic E-state index is 0.292. The van der Waals surface area contributed by atoms with Crippen LogP contribution in [0.5, 0.6) is 0 Å². The molecule has 3 rings (SSSR count). The molecule has 0 fully saturated rings. The summed E-state index contributed by atoms with van der Waals surface area (Å²) in [6, 6.07) is 12.5. The van der Waals surface area contributed by atoms with E-state index in [1.807, 2.05) is 30.5 Å². The zero-order valence-corrected chi connectivity index (χ0v) is 12.5. The number of aromatic nitrogens is 2. The lowest BCUT2D eigenvalue weighted by Crippen LogP contribution is -1.99. The van der Waals surface area contributed by atoms with Gasteiger partial charge in [-0.05, 0) is 30.5 Å². The summed E-state index contributed by atoms with van der Waals surface area (Å²) in [6.07, 6.45) is 2.02. The number of nitrogens with zero attached hydrogens (tertiary/aromatic N) is 2. The second-order valence-corrected chi connectivity index (χ2v) is 5.36. The fourth-order valence-corrected chi connectivity index (χ4v) is 2.83. The molecule has 0 saturated heterocycles. The summed E-state index contributed by atoms with van der Waals surface area (Å²) >= 11 is 1.65. The van der Waals surface area contributed by atoms with Crippen molar-refractivity contribution in [2.24, 2.45) is 0 Å². The Kier molecular flexibility index (Phi) is 3.75. The highest BCUT2D eigenvalue weighted by atomic mass is 32.2. The lowest BCUT2D eigenvalue weighted by atomic mass is 10.1. The number of thioether (sulfide) groups is 1. The third-order valence-electron chi connectivity index (χ3n) is 3.24. The van der Waals surface area contributed by atoms with Gasteiger partial charge in [0, 0.05) is 22.9 Å². The minimum atomic E-state index is -0.292. The summed E-state index contributed by atoms with van der Waals surface area (Å²) in [6.45, 7) is 0. The Bertz CT molecular complexity index is 805. The van der Waals surface area contributed by atoms with Crippen molar-refractivity contribution >= 4 is 28.5 Å². The first-order valence-corrected chi connectivity index (χ1v) is 7.74. The number of nitrogens with one attached hydrogen (secondary N) is 1. The Hall–Kier alpha value is -2.14. The summed E-state index contributed by atoms with van der Waals surface area (Å²) in [7, 11) is 1.77. The van der Waals surface area contributed by atoms with Gasteiger partial charge in [0.25, 0.3) is 0 Å². The molecular formula is C16H14FN3S. The highest BCUT2D eigenvalue weighted by Gasteiger charge is 2.11. The van der Waals surface area contributed by atoms with Crippen LogP contribution in [0.1, 0.15) is 0 Å². The molecule has 0 aliphatic rings. The summed E-state index contributed by atoms with van der Waals surface area (Å²) < 4.78 is 13.4. The third-order valence-corrected chi connectivity index (χ3v) is 4.04. The zero-order valence-electron chi connectivity index (χ0n) is 11.7. The number of hydrogen-bond donors (Lipinski definition) is 1. The van der Waals surface area contributed by atoms with Crippen molar-refractivity contribution in [3.05, 3.63) is 48.3 Å². The van der Waals surface area contributed by atoms with Crippen molar-refractivity contribution in [1.82, 2.24) is 9.97 Å². The Morgan fingerprint density at radius 3 is 2.67 bits per heavy atom.